The summed E-state index contributed by atoms with van der Waals surface area (Å²) in [4.78, 5) is 22.5. The summed E-state index contributed by atoms with van der Waals surface area (Å²) in [5.41, 5.74) is 0.323. The molecule has 0 N–H and O–H groups in total. The molecule has 4 nitrogen and oxygen atoms in total. The van der Waals surface area contributed by atoms with Crippen LogP contribution in [-0.4, -0.2) is 16.5 Å². The normalized spacial score (nSPS) is 15.2. The molecule has 0 unspecified atom stereocenters. The van der Waals surface area contributed by atoms with E-state index in [1.54, 1.807) is 0 Å². The molecular formula is C10H5BrFN2O2+. The van der Waals surface area contributed by atoms with Crippen molar-refractivity contribution in [1.82, 2.24) is 0 Å². The molecule has 0 aromatic heterocycles. The Kier molecular flexibility index (Phi) is 2.74. The number of hydrogen-bond donors (Lipinski definition) is 0. The fourth-order valence-corrected chi connectivity index (χ4v) is 1.74. The lowest BCUT2D eigenvalue weighted by molar-refractivity contribution is -0.426. The average Bonchev–Trinajstić information content (AvgIpc) is 2.22. The van der Waals surface area contributed by atoms with Gasteiger partial charge in [-0.1, -0.05) is 0 Å². The largest absolute Gasteiger partial charge is 0.443 e. The highest BCUT2D eigenvalue weighted by Crippen LogP contribution is 2.27. The van der Waals surface area contributed by atoms with Gasteiger partial charge in [0.05, 0.1) is 15.7 Å². The predicted octanol–water partition coefficient (Wildman–Crippen LogP) is 2.31. The van der Waals surface area contributed by atoms with E-state index in [2.05, 4.69) is 21.0 Å². The van der Waals surface area contributed by atoms with Crippen LogP contribution in [0.1, 0.15) is 0 Å². The molecule has 1 aliphatic rings. The quantitative estimate of drug-likeness (QED) is 0.743. The summed E-state index contributed by atoms with van der Waals surface area (Å²) in [6.07, 6.45) is 2.20. The van der Waals surface area contributed by atoms with Crippen LogP contribution < -0.4 is 0 Å². The minimum Gasteiger partial charge on any atom is -0.261 e. The van der Waals surface area contributed by atoms with E-state index in [1.807, 2.05) is 0 Å². The Morgan fingerprint density at radius 3 is 2.69 bits per heavy atom. The molecule has 16 heavy (non-hydrogen) atoms. The van der Waals surface area contributed by atoms with Gasteiger partial charge in [-0.3, -0.25) is 4.79 Å². The molecule has 0 saturated carbocycles. The van der Waals surface area contributed by atoms with Crippen molar-refractivity contribution in [3.8, 4) is 0 Å². The molecule has 0 aliphatic carbocycles. The van der Waals surface area contributed by atoms with Gasteiger partial charge in [-0.05, 0) is 32.8 Å². The fourth-order valence-electron chi connectivity index (χ4n) is 1.22. The molecule has 2 rings (SSSR count). The van der Waals surface area contributed by atoms with Crippen LogP contribution in [0, 0.1) is 5.82 Å². The molecule has 0 saturated heterocycles. The zero-order valence-electron chi connectivity index (χ0n) is 7.85. The molecule has 0 atom stereocenters. The minimum absolute atomic E-state index is 0.323. The first-order valence-electron chi connectivity index (χ1n) is 4.31. The Hall–Kier alpha value is -1.69. The number of halogens is 2. The molecule has 0 radical (unpaired) electrons. The third kappa shape index (κ3) is 1.96. The Balaban J connectivity index is 2.52. The van der Waals surface area contributed by atoms with E-state index in [0.717, 1.165) is 16.8 Å². The van der Waals surface area contributed by atoms with Crippen molar-refractivity contribution in [2.75, 3.05) is 0 Å². The van der Waals surface area contributed by atoms with Crippen LogP contribution in [0.4, 0.5) is 10.1 Å². The zero-order chi connectivity index (χ0) is 11.7. The van der Waals surface area contributed by atoms with Gasteiger partial charge in [0.25, 0.3) is 5.69 Å². The van der Waals surface area contributed by atoms with Gasteiger partial charge in [0.15, 0.2) is 0 Å². The van der Waals surface area contributed by atoms with Crippen LogP contribution in [0.3, 0.4) is 0 Å². The average molecular weight is 284 g/mol. The maximum absolute atomic E-state index is 12.8. The molecule has 1 aromatic carbocycles. The van der Waals surface area contributed by atoms with Gasteiger partial charge in [-0.2, -0.15) is 0 Å². The number of rotatable bonds is 1. The number of azo groups is 2. The summed E-state index contributed by atoms with van der Waals surface area (Å²) in [6.45, 7) is 0. The minimum atomic E-state index is -0.532. The Morgan fingerprint density at radius 1 is 1.25 bits per heavy atom. The summed E-state index contributed by atoms with van der Waals surface area (Å²) in [6, 6.07) is 3.75. The summed E-state index contributed by atoms with van der Waals surface area (Å²) in [5.74, 6) is -1.43. The summed E-state index contributed by atoms with van der Waals surface area (Å²) < 4.78 is 14.1. The number of carbonyl (C=O) groups excluding carboxylic acids is 2. The van der Waals surface area contributed by atoms with E-state index >= 15 is 0 Å². The topological polar surface area (TPSA) is 49.5 Å². The molecule has 1 heterocycles. The second-order valence-electron chi connectivity index (χ2n) is 3.02. The van der Waals surface area contributed by atoms with Crippen molar-refractivity contribution in [3.63, 3.8) is 0 Å². The van der Waals surface area contributed by atoms with Gasteiger partial charge in [-0.15, -0.1) is 0 Å². The molecular weight excluding hydrogens is 279 g/mol. The van der Waals surface area contributed by atoms with E-state index in [0.29, 0.717) is 10.2 Å². The van der Waals surface area contributed by atoms with Gasteiger partial charge in [-0.25, -0.2) is 9.18 Å². The number of hydrogen-bond acceptors (Lipinski definition) is 2. The number of carbonyl (C=O) groups is 2. The maximum Gasteiger partial charge on any atom is 0.443 e. The van der Waals surface area contributed by atoms with Crippen molar-refractivity contribution in [2.45, 2.75) is 0 Å². The number of nitrogens with zero attached hydrogens (tertiary/aromatic N) is 2. The van der Waals surface area contributed by atoms with Gasteiger partial charge < -0.3 is 0 Å². The maximum atomic E-state index is 12.8. The van der Waals surface area contributed by atoms with Crippen LogP contribution in [0.2, 0.25) is 0 Å². The highest BCUT2D eigenvalue weighted by Gasteiger charge is 2.28. The Labute approximate surface area is 98.2 Å². The number of amides is 2. The van der Waals surface area contributed by atoms with E-state index in [1.165, 1.54) is 18.2 Å². The van der Waals surface area contributed by atoms with Gasteiger partial charge in [0, 0.05) is 12.1 Å². The van der Waals surface area contributed by atoms with E-state index in [9.17, 15) is 14.0 Å². The van der Waals surface area contributed by atoms with Gasteiger partial charge in [0.1, 0.15) is 5.82 Å². The third-order valence-electron chi connectivity index (χ3n) is 1.91. The molecule has 0 bridgehead atoms. The zero-order valence-corrected chi connectivity index (χ0v) is 9.44. The van der Waals surface area contributed by atoms with Gasteiger partial charge in [0.2, 0.25) is 0 Å². The number of benzene rings is 1. The summed E-state index contributed by atoms with van der Waals surface area (Å²) in [7, 11) is 0. The van der Waals surface area contributed by atoms with Crippen molar-refractivity contribution in [2.24, 2.45) is 5.11 Å². The molecule has 0 fully saturated rings. The Morgan fingerprint density at radius 2 is 2.00 bits per heavy atom. The first-order valence-corrected chi connectivity index (χ1v) is 5.10. The van der Waals surface area contributed by atoms with Crippen LogP contribution in [0.25, 0.3) is 0 Å². The monoisotopic (exact) mass is 283 g/mol. The Bertz CT molecular complexity index is 552. The highest BCUT2D eigenvalue weighted by atomic mass is 79.9. The molecule has 6 heteroatoms. The summed E-state index contributed by atoms with van der Waals surface area (Å²) in [5, 5.41) is 3.53. The smallest absolute Gasteiger partial charge is 0.261 e. The third-order valence-corrected chi connectivity index (χ3v) is 2.55. The predicted molar refractivity (Wildman–Crippen MR) is 55.6 cm³/mol. The fraction of sp³-hybridized carbons (Fsp3) is 0. The van der Waals surface area contributed by atoms with E-state index < -0.39 is 17.6 Å². The lowest BCUT2D eigenvalue weighted by atomic mass is 10.3. The van der Waals surface area contributed by atoms with E-state index in [-0.39, 0.29) is 0 Å². The van der Waals surface area contributed by atoms with Crippen LogP contribution >= 0.6 is 15.9 Å². The lowest BCUT2D eigenvalue weighted by Gasteiger charge is -1.99. The van der Waals surface area contributed by atoms with Crippen molar-refractivity contribution in [1.29, 1.82) is 0 Å². The van der Waals surface area contributed by atoms with Crippen molar-refractivity contribution in [3.05, 3.63) is 40.6 Å². The van der Waals surface area contributed by atoms with E-state index in [4.69, 9.17) is 0 Å². The first kappa shape index (κ1) is 10.8. The van der Waals surface area contributed by atoms with Gasteiger partial charge >= 0.3 is 11.8 Å². The standard InChI is InChI=1S/C10H5BrFN2O2/c11-7-5-6(12)1-2-8(7)14-10(16)4-3-9(15)13-14/h1-5H/q+1. The van der Waals surface area contributed by atoms with Crippen LogP contribution in [0.15, 0.2) is 39.9 Å². The molecule has 1 aromatic rings. The molecule has 1 aliphatic heterocycles. The molecule has 2 amide bonds. The van der Waals surface area contributed by atoms with Crippen LogP contribution in [-0.2, 0) is 9.59 Å². The lowest BCUT2D eigenvalue weighted by Crippen LogP contribution is -2.17. The van der Waals surface area contributed by atoms with Crippen LogP contribution in [0.5, 0.6) is 0 Å². The molecule has 80 valence electrons. The van der Waals surface area contributed by atoms with Crippen molar-refractivity contribution < 1.29 is 18.7 Å². The first-order chi connectivity index (χ1) is 7.58. The van der Waals surface area contributed by atoms with Crippen molar-refractivity contribution >= 4 is 33.4 Å². The molecule has 0 spiro atoms. The summed E-state index contributed by atoms with van der Waals surface area (Å²) >= 11 is 3.10. The highest BCUT2D eigenvalue weighted by molar-refractivity contribution is 9.10. The second-order valence-corrected chi connectivity index (χ2v) is 3.87. The second kappa shape index (κ2) is 4.05. The SMILES string of the molecule is O=C1C=CC(=O)[N+](c2ccc(F)cc2Br)=N1.